The zero-order chi connectivity index (χ0) is 20.8. The number of carbonyl (C=O) groups is 3. The van der Waals surface area contributed by atoms with Crippen LogP contribution in [0.3, 0.4) is 0 Å². The Kier molecular flexibility index (Phi) is 7.25. The molecular formula is C22H30N2O5. The van der Waals surface area contributed by atoms with E-state index in [1.807, 2.05) is 30.3 Å². The number of benzene rings is 1. The molecule has 3 N–H and O–H groups in total. The van der Waals surface area contributed by atoms with Crippen LogP contribution in [0.2, 0.25) is 0 Å². The van der Waals surface area contributed by atoms with Gasteiger partial charge in [0.25, 0.3) is 0 Å². The number of nitrogens with zero attached hydrogens (tertiary/aromatic N) is 1. The molecule has 0 radical (unpaired) electrons. The second kappa shape index (κ2) is 9.87. The molecular weight excluding hydrogens is 372 g/mol. The fourth-order valence-electron chi connectivity index (χ4n) is 4.81. The number of likely N-dealkylation sites (tertiary alicyclic amines) is 1. The SMILES string of the molecule is O=C(O)CN1C(=O)C(N[C@@H](CCc2ccccc2)C(=O)O)CCCC2CCCC21. The molecule has 0 bridgehead atoms. The highest BCUT2D eigenvalue weighted by Gasteiger charge is 2.40. The third-order valence-electron chi connectivity index (χ3n) is 6.24. The van der Waals surface area contributed by atoms with Crippen molar-refractivity contribution in [1.82, 2.24) is 10.2 Å². The van der Waals surface area contributed by atoms with Crippen molar-refractivity contribution < 1.29 is 24.6 Å². The molecule has 7 heteroatoms. The summed E-state index contributed by atoms with van der Waals surface area (Å²) < 4.78 is 0. The van der Waals surface area contributed by atoms with Crippen LogP contribution >= 0.6 is 0 Å². The molecule has 3 rings (SSSR count). The molecule has 1 aromatic rings. The van der Waals surface area contributed by atoms with Crippen LogP contribution in [-0.2, 0) is 20.8 Å². The quantitative estimate of drug-likeness (QED) is 0.616. The van der Waals surface area contributed by atoms with Crippen molar-refractivity contribution in [1.29, 1.82) is 0 Å². The van der Waals surface area contributed by atoms with Crippen molar-refractivity contribution in [2.24, 2.45) is 5.92 Å². The summed E-state index contributed by atoms with van der Waals surface area (Å²) in [5.74, 6) is -1.93. The largest absolute Gasteiger partial charge is 0.480 e. The number of amides is 1. The number of aryl methyl sites for hydroxylation is 1. The summed E-state index contributed by atoms with van der Waals surface area (Å²) in [6, 6.07) is 8.09. The lowest BCUT2D eigenvalue weighted by molar-refractivity contribution is -0.149. The van der Waals surface area contributed by atoms with Crippen LogP contribution in [0.1, 0.15) is 50.5 Å². The molecule has 1 saturated heterocycles. The van der Waals surface area contributed by atoms with E-state index in [4.69, 9.17) is 0 Å². The molecule has 3 unspecified atom stereocenters. The van der Waals surface area contributed by atoms with Gasteiger partial charge in [0.2, 0.25) is 5.91 Å². The zero-order valence-electron chi connectivity index (χ0n) is 16.6. The minimum absolute atomic E-state index is 0.0456. The van der Waals surface area contributed by atoms with Crippen LogP contribution in [0.15, 0.2) is 30.3 Å². The second-order valence-electron chi connectivity index (χ2n) is 8.18. The van der Waals surface area contributed by atoms with Gasteiger partial charge in [-0.15, -0.1) is 0 Å². The number of carbonyl (C=O) groups excluding carboxylic acids is 1. The Bertz CT molecular complexity index is 723. The van der Waals surface area contributed by atoms with E-state index in [2.05, 4.69) is 5.32 Å². The average molecular weight is 402 g/mol. The molecule has 7 nitrogen and oxygen atoms in total. The number of hydrogen-bond donors (Lipinski definition) is 3. The number of aliphatic carboxylic acids is 2. The van der Waals surface area contributed by atoms with E-state index in [1.165, 1.54) is 4.90 Å². The second-order valence-corrected chi connectivity index (χ2v) is 8.18. The van der Waals surface area contributed by atoms with Crippen molar-refractivity contribution >= 4 is 17.8 Å². The lowest BCUT2D eigenvalue weighted by Gasteiger charge is -2.38. The first-order chi connectivity index (χ1) is 14.0. The van der Waals surface area contributed by atoms with Crippen molar-refractivity contribution in [3.63, 3.8) is 0 Å². The van der Waals surface area contributed by atoms with E-state index in [-0.39, 0.29) is 18.5 Å². The van der Waals surface area contributed by atoms with Gasteiger partial charge in [-0.25, -0.2) is 0 Å². The molecule has 4 atom stereocenters. The maximum absolute atomic E-state index is 13.2. The van der Waals surface area contributed by atoms with Crippen LogP contribution in [0.25, 0.3) is 0 Å². The summed E-state index contributed by atoms with van der Waals surface area (Å²) >= 11 is 0. The fourth-order valence-corrected chi connectivity index (χ4v) is 4.81. The summed E-state index contributed by atoms with van der Waals surface area (Å²) in [5, 5.41) is 22.0. The molecule has 1 amide bonds. The number of carboxylic acids is 2. The fraction of sp³-hybridized carbons (Fsp3) is 0.591. The summed E-state index contributed by atoms with van der Waals surface area (Å²) in [5.41, 5.74) is 1.05. The first-order valence-corrected chi connectivity index (χ1v) is 10.5. The molecule has 0 spiro atoms. The van der Waals surface area contributed by atoms with Gasteiger partial charge in [0.05, 0.1) is 6.04 Å². The van der Waals surface area contributed by atoms with Crippen LogP contribution in [0.4, 0.5) is 0 Å². The van der Waals surface area contributed by atoms with E-state index < -0.39 is 24.0 Å². The monoisotopic (exact) mass is 402 g/mol. The van der Waals surface area contributed by atoms with Gasteiger partial charge < -0.3 is 15.1 Å². The Morgan fingerprint density at radius 2 is 1.76 bits per heavy atom. The third kappa shape index (κ3) is 5.56. The summed E-state index contributed by atoms with van der Waals surface area (Å²) in [6.07, 6.45) is 6.15. The number of hydrogen-bond acceptors (Lipinski definition) is 4. The summed E-state index contributed by atoms with van der Waals surface area (Å²) in [6.45, 7) is -0.320. The van der Waals surface area contributed by atoms with Gasteiger partial charge >= 0.3 is 11.9 Å². The first-order valence-electron chi connectivity index (χ1n) is 10.5. The van der Waals surface area contributed by atoms with Crippen LogP contribution in [0, 0.1) is 5.92 Å². The van der Waals surface area contributed by atoms with E-state index in [0.717, 1.165) is 37.7 Å². The lowest BCUT2D eigenvalue weighted by Crippen LogP contribution is -2.57. The number of rotatable bonds is 8. The van der Waals surface area contributed by atoms with Gasteiger partial charge in [-0.2, -0.15) is 0 Å². The third-order valence-corrected chi connectivity index (χ3v) is 6.24. The van der Waals surface area contributed by atoms with Gasteiger partial charge in [0, 0.05) is 6.04 Å². The molecule has 1 aliphatic heterocycles. The predicted octanol–water partition coefficient (Wildman–Crippen LogP) is 2.30. The van der Waals surface area contributed by atoms with E-state index in [9.17, 15) is 24.6 Å². The predicted molar refractivity (Wildman–Crippen MR) is 107 cm³/mol. The maximum Gasteiger partial charge on any atom is 0.323 e. The Morgan fingerprint density at radius 1 is 1.07 bits per heavy atom. The molecule has 1 aliphatic carbocycles. The summed E-state index contributed by atoms with van der Waals surface area (Å²) in [4.78, 5) is 37.9. The molecule has 29 heavy (non-hydrogen) atoms. The van der Waals surface area contributed by atoms with Crippen molar-refractivity contribution in [3.05, 3.63) is 35.9 Å². The average Bonchev–Trinajstić information content (AvgIpc) is 3.14. The highest BCUT2D eigenvalue weighted by atomic mass is 16.4. The van der Waals surface area contributed by atoms with Crippen LogP contribution in [0.5, 0.6) is 0 Å². The topological polar surface area (TPSA) is 107 Å². The Labute approximate surface area is 171 Å². The smallest absolute Gasteiger partial charge is 0.323 e. The minimum atomic E-state index is -1.03. The number of fused-ring (bicyclic) bond motifs is 1. The molecule has 0 aromatic heterocycles. The van der Waals surface area contributed by atoms with Crippen molar-refractivity contribution in [3.8, 4) is 0 Å². The lowest BCUT2D eigenvalue weighted by atomic mass is 9.90. The van der Waals surface area contributed by atoms with Crippen LogP contribution < -0.4 is 5.32 Å². The molecule has 1 aromatic carbocycles. The highest BCUT2D eigenvalue weighted by Crippen LogP contribution is 2.35. The van der Waals surface area contributed by atoms with Gasteiger partial charge in [0.15, 0.2) is 0 Å². The maximum atomic E-state index is 13.2. The van der Waals surface area contributed by atoms with E-state index >= 15 is 0 Å². The number of nitrogens with one attached hydrogen (secondary N) is 1. The van der Waals surface area contributed by atoms with Gasteiger partial charge in [0.1, 0.15) is 12.6 Å². The first kappa shape index (κ1) is 21.3. The molecule has 1 heterocycles. The Hall–Kier alpha value is -2.41. The standard InChI is InChI=1S/C22H30N2O5/c25-20(26)14-24-19-11-5-9-16(19)8-4-10-17(21(24)27)23-18(22(28)29)13-12-15-6-2-1-3-7-15/h1-3,6-7,16-19,23H,4-5,8-14H2,(H,25,26)(H,28,29)/t16?,17?,18-,19?/m0/s1. The Balaban J connectivity index is 1.71. The van der Waals surface area contributed by atoms with Crippen molar-refractivity contribution in [2.75, 3.05) is 6.54 Å². The number of carboxylic acid groups (broad SMARTS) is 2. The van der Waals surface area contributed by atoms with Crippen molar-refractivity contribution in [2.45, 2.75) is 69.5 Å². The van der Waals surface area contributed by atoms with Gasteiger partial charge in [-0.1, -0.05) is 43.2 Å². The molecule has 2 aliphatic rings. The zero-order valence-corrected chi connectivity index (χ0v) is 16.6. The Morgan fingerprint density at radius 3 is 2.41 bits per heavy atom. The van der Waals surface area contributed by atoms with E-state index in [0.29, 0.717) is 25.2 Å². The van der Waals surface area contributed by atoms with E-state index in [1.54, 1.807) is 0 Å². The normalized spacial score (nSPS) is 25.7. The van der Waals surface area contributed by atoms with Gasteiger partial charge in [-0.05, 0) is 50.0 Å². The highest BCUT2D eigenvalue weighted by molar-refractivity contribution is 5.86. The van der Waals surface area contributed by atoms with Crippen LogP contribution in [-0.4, -0.2) is 57.6 Å². The molecule has 158 valence electrons. The molecule has 2 fully saturated rings. The molecule has 1 saturated carbocycles. The van der Waals surface area contributed by atoms with Gasteiger partial charge in [-0.3, -0.25) is 19.7 Å². The summed E-state index contributed by atoms with van der Waals surface area (Å²) in [7, 11) is 0. The minimum Gasteiger partial charge on any atom is -0.480 e.